The van der Waals surface area contributed by atoms with Crippen LogP contribution in [-0.2, 0) is 0 Å². The minimum absolute atomic E-state index is 1.21. The first-order valence-corrected chi connectivity index (χ1v) is 11.0. The average Bonchev–Trinajstić information content (AvgIpc) is 2.87. The molecule has 0 atom stereocenters. The van der Waals surface area contributed by atoms with Crippen LogP contribution in [-0.4, -0.2) is 0 Å². The molecule has 0 unspecified atom stereocenters. The summed E-state index contributed by atoms with van der Waals surface area (Å²) >= 11 is 0. The molecule has 5 rings (SSSR count). The van der Waals surface area contributed by atoms with Crippen LogP contribution in [0.4, 0.5) is 0 Å². The van der Waals surface area contributed by atoms with Crippen molar-refractivity contribution in [2.75, 3.05) is 0 Å². The van der Waals surface area contributed by atoms with E-state index >= 15 is 0 Å². The molecule has 0 amide bonds. The van der Waals surface area contributed by atoms with E-state index in [1.807, 2.05) is 0 Å². The van der Waals surface area contributed by atoms with Crippen LogP contribution in [0.25, 0.3) is 0 Å². The van der Waals surface area contributed by atoms with E-state index in [9.17, 15) is 0 Å². The Morgan fingerprint density at radius 2 is 0.719 bits per heavy atom. The highest BCUT2D eigenvalue weighted by atomic mass is 14.2. The van der Waals surface area contributed by atoms with Crippen LogP contribution in [0, 0.1) is 11.8 Å². The largest absolute Gasteiger partial charge is 0.0999 e. The molecule has 0 aliphatic rings. The van der Waals surface area contributed by atoms with E-state index in [-0.39, 0.29) is 0 Å². The Labute approximate surface area is 190 Å². The number of hydrogen-bond acceptors (Lipinski definition) is 0. The van der Waals surface area contributed by atoms with E-state index in [1.54, 1.807) is 0 Å². The molecule has 0 radical (unpaired) electrons. The summed E-state index contributed by atoms with van der Waals surface area (Å²) in [6.45, 7) is 0. The first-order chi connectivity index (χ1) is 15.9. The minimum atomic E-state index is 1.21. The summed E-state index contributed by atoms with van der Waals surface area (Å²) in [5.74, 6) is 2.49. The molecule has 0 fully saturated rings. The van der Waals surface area contributed by atoms with Crippen LogP contribution >= 0.6 is 0 Å². The molecule has 5 aromatic carbocycles. The zero-order valence-electron chi connectivity index (χ0n) is 17.9. The lowest BCUT2D eigenvalue weighted by Gasteiger charge is -2.26. The fourth-order valence-corrected chi connectivity index (χ4v) is 4.25. The van der Waals surface area contributed by atoms with Gasteiger partial charge in [0.15, 0.2) is 0 Å². The molecule has 0 nitrogen and oxygen atoms in total. The van der Waals surface area contributed by atoms with Crippen molar-refractivity contribution in [3.63, 3.8) is 0 Å². The van der Waals surface area contributed by atoms with Gasteiger partial charge in [-0.25, -0.2) is 0 Å². The van der Waals surface area contributed by atoms with Gasteiger partial charge in [0.25, 0.3) is 0 Å². The van der Waals surface area contributed by atoms with Gasteiger partial charge in [0.1, 0.15) is 0 Å². The van der Waals surface area contributed by atoms with Crippen molar-refractivity contribution in [2.24, 2.45) is 0 Å². The highest BCUT2D eigenvalue weighted by molar-refractivity contribution is 5.62. The Bertz CT molecular complexity index is 1070. The van der Waals surface area contributed by atoms with Crippen molar-refractivity contribution in [1.82, 2.24) is 0 Å². The molecule has 5 aromatic rings. The second kappa shape index (κ2) is 9.32. The maximum Gasteiger partial charge on any atom is 0.0527 e. The number of benzene rings is 5. The quantitative estimate of drug-likeness (QED) is 0.199. The van der Waals surface area contributed by atoms with Gasteiger partial charge in [-0.05, 0) is 54.6 Å². The van der Waals surface area contributed by atoms with Crippen molar-refractivity contribution < 1.29 is 0 Å². The normalized spacial score (nSPS) is 10.5. The second-order valence-electron chi connectivity index (χ2n) is 7.79. The summed E-state index contributed by atoms with van der Waals surface area (Å²) in [5.41, 5.74) is 7.30. The van der Waals surface area contributed by atoms with E-state index in [0.717, 1.165) is 0 Å². The lowest BCUT2D eigenvalue weighted by molar-refractivity contribution is 1.18. The van der Waals surface area contributed by atoms with E-state index in [1.165, 1.54) is 45.2 Å². The first-order valence-electron chi connectivity index (χ1n) is 11.0. The van der Waals surface area contributed by atoms with Crippen molar-refractivity contribution in [3.05, 3.63) is 191 Å². The Morgan fingerprint density at radius 1 is 0.344 bits per heavy atom. The summed E-state index contributed by atoms with van der Waals surface area (Å²) < 4.78 is 0. The molecule has 0 aliphatic carbocycles. The summed E-state index contributed by atoms with van der Waals surface area (Å²) in [6, 6.07) is 51.5. The van der Waals surface area contributed by atoms with E-state index in [2.05, 4.69) is 146 Å². The summed E-state index contributed by atoms with van der Waals surface area (Å²) in [5, 5.41) is 0. The molecule has 0 heteroatoms. The SMILES string of the molecule is c1ccc([C+](c2ccccc2)c2cccc([C-](c3ccccc3)c3ccccc3)c2)cc1. The Hall–Kier alpha value is -4.16. The highest BCUT2D eigenvalue weighted by Gasteiger charge is 2.22. The average molecular weight is 409 g/mol. The molecule has 0 spiro atoms. The fourth-order valence-electron chi connectivity index (χ4n) is 4.25. The van der Waals surface area contributed by atoms with Gasteiger partial charge in [-0.1, -0.05) is 114 Å². The number of rotatable bonds is 6. The third kappa shape index (κ3) is 4.17. The maximum atomic E-state index is 2.32. The molecule has 0 bridgehead atoms. The Morgan fingerprint density at radius 3 is 1.19 bits per heavy atom. The molecule has 152 valence electrons. The van der Waals surface area contributed by atoms with E-state index in [4.69, 9.17) is 0 Å². The van der Waals surface area contributed by atoms with Crippen LogP contribution in [0.2, 0.25) is 0 Å². The zero-order valence-corrected chi connectivity index (χ0v) is 17.9. The predicted octanol–water partition coefficient (Wildman–Crippen LogP) is 7.72. The van der Waals surface area contributed by atoms with Crippen LogP contribution in [0.1, 0.15) is 33.4 Å². The molecule has 0 aromatic heterocycles. The molecule has 0 saturated carbocycles. The van der Waals surface area contributed by atoms with E-state index < -0.39 is 0 Å². The standard InChI is InChI=1S/C32H24/c1-5-14-25(15-6-1)31(26-16-7-2-8-17-26)29-22-13-23-30(24-29)32(27-18-9-3-10-19-27)28-20-11-4-12-21-28/h1-24H. The predicted molar refractivity (Wildman–Crippen MR) is 133 cm³/mol. The lowest BCUT2D eigenvalue weighted by atomic mass is 9.80. The van der Waals surface area contributed by atoms with Gasteiger partial charge in [0.05, 0.1) is 17.0 Å². The summed E-state index contributed by atoms with van der Waals surface area (Å²) in [4.78, 5) is 0. The van der Waals surface area contributed by atoms with Crippen molar-refractivity contribution in [3.8, 4) is 0 Å². The van der Waals surface area contributed by atoms with E-state index in [0.29, 0.717) is 0 Å². The summed E-state index contributed by atoms with van der Waals surface area (Å²) in [7, 11) is 0. The maximum absolute atomic E-state index is 2.32. The molecule has 0 heterocycles. The van der Waals surface area contributed by atoms with Gasteiger partial charge in [-0.2, -0.15) is 0 Å². The third-order valence-electron chi connectivity index (χ3n) is 5.69. The van der Waals surface area contributed by atoms with Gasteiger partial charge in [-0.15, -0.1) is 0 Å². The van der Waals surface area contributed by atoms with Crippen LogP contribution in [0.5, 0.6) is 0 Å². The summed E-state index contributed by atoms with van der Waals surface area (Å²) in [6.07, 6.45) is 0. The Kier molecular flexibility index (Phi) is 5.76. The Balaban J connectivity index is 1.65. The first kappa shape index (κ1) is 19.8. The topological polar surface area (TPSA) is 0 Å². The molecule has 32 heavy (non-hydrogen) atoms. The fraction of sp³-hybridized carbons (Fsp3) is 0. The highest BCUT2D eigenvalue weighted by Crippen LogP contribution is 2.35. The number of hydrogen-bond donors (Lipinski definition) is 0. The molecule has 0 saturated heterocycles. The van der Waals surface area contributed by atoms with Crippen molar-refractivity contribution in [1.29, 1.82) is 0 Å². The van der Waals surface area contributed by atoms with Gasteiger partial charge in [-0.3, -0.25) is 0 Å². The molecular weight excluding hydrogens is 384 g/mol. The zero-order chi connectivity index (χ0) is 21.6. The smallest absolute Gasteiger partial charge is 0.0527 e. The van der Waals surface area contributed by atoms with Crippen LogP contribution in [0.15, 0.2) is 146 Å². The van der Waals surface area contributed by atoms with Crippen molar-refractivity contribution in [2.45, 2.75) is 0 Å². The molecule has 0 N–H and O–H groups in total. The monoisotopic (exact) mass is 408 g/mol. The van der Waals surface area contributed by atoms with Crippen LogP contribution < -0.4 is 0 Å². The van der Waals surface area contributed by atoms with Gasteiger partial charge in [0, 0.05) is 5.56 Å². The lowest BCUT2D eigenvalue weighted by Crippen LogP contribution is -2.08. The molecule has 0 aliphatic heterocycles. The van der Waals surface area contributed by atoms with Crippen molar-refractivity contribution >= 4 is 0 Å². The second-order valence-corrected chi connectivity index (χ2v) is 7.79. The minimum Gasteiger partial charge on any atom is -0.0999 e. The van der Waals surface area contributed by atoms with Crippen LogP contribution in [0.3, 0.4) is 0 Å². The van der Waals surface area contributed by atoms with Gasteiger partial charge >= 0.3 is 0 Å². The van der Waals surface area contributed by atoms with Gasteiger partial charge < -0.3 is 0 Å². The molecular formula is C32H24. The third-order valence-corrected chi connectivity index (χ3v) is 5.69. The van der Waals surface area contributed by atoms with Gasteiger partial charge in [0.2, 0.25) is 0 Å².